The molecule has 4 nitrogen and oxygen atoms in total. The van der Waals surface area contributed by atoms with E-state index >= 15 is 0 Å². The van der Waals surface area contributed by atoms with Gasteiger partial charge in [0.05, 0.1) is 6.10 Å². The quantitative estimate of drug-likeness (QED) is 0.598. The van der Waals surface area contributed by atoms with Crippen LogP contribution in [0.5, 0.6) is 0 Å². The first-order valence-corrected chi connectivity index (χ1v) is 5.82. The summed E-state index contributed by atoms with van der Waals surface area (Å²) < 4.78 is 0. The van der Waals surface area contributed by atoms with Crippen molar-refractivity contribution in [2.24, 2.45) is 5.73 Å². The van der Waals surface area contributed by atoms with Crippen molar-refractivity contribution in [2.75, 3.05) is 0 Å². The summed E-state index contributed by atoms with van der Waals surface area (Å²) in [6.45, 7) is 1.93. The zero-order valence-electron chi connectivity index (χ0n) is 9.41. The minimum atomic E-state index is -0.293. The molecule has 0 aromatic carbocycles. The summed E-state index contributed by atoms with van der Waals surface area (Å²) in [5.41, 5.74) is 5.12. The molecule has 88 valence electrons. The Balaban J connectivity index is 2.36. The number of rotatable bonds is 4. The molecule has 0 saturated heterocycles. The van der Waals surface area contributed by atoms with Gasteiger partial charge in [-0.15, -0.1) is 0 Å². The van der Waals surface area contributed by atoms with Crippen LogP contribution in [-0.4, -0.2) is 29.2 Å². The van der Waals surface area contributed by atoms with Crippen LogP contribution in [0.1, 0.15) is 45.4 Å². The molecule has 1 saturated carbocycles. The second-order valence-corrected chi connectivity index (χ2v) is 4.55. The average molecular weight is 214 g/mol. The highest BCUT2D eigenvalue weighted by molar-refractivity contribution is 5.74. The average Bonchev–Trinajstić information content (AvgIpc) is 2.30. The summed E-state index contributed by atoms with van der Waals surface area (Å²) in [4.78, 5) is 10.7. The Kier molecular flexibility index (Phi) is 5.05. The number of aliphatic hydroxyl groups is 1. The summed E-state index contributed by atoms with van der Waals surface area (Å²) in [5, 5.41) is 13.1. The first-order chi connectivity index (χ1) is 7.09. The van der Waals surface area contributed by atoms with Crippen LogP contribution >= 0.6 is 0 Å². The number of hydrogen-bond acceptors (Lipinski definition) is 3. The second kappa shape index (κ2) is 6.08. The molecule has 0 radical (unpaired) electrons. The van der Waals surface area contributed by atoms with Crippen LogP contribution in [0, 0.1) is 0 Å². The summed E-state index contributed by atoms with van der Waals surface area (Å²) >= 11 is 0. The number of nitrogens with one attached hydrogen (secondary N) is 1. The first-order valence-electron chi connectivity index (χ1n) is 5.82. The van der Waals surface area contributed by atoms with Crippen LogP contribution in [0.3, 0.4) is 0 Å². The van der Waals surface area contributed by atoms with E-state index in [4.69, 9.17) is 5.73 Å². The molecule has 0 aromatic heterocycles. The number of primary amides is 1. The van der Waals surface area contributed by atoms with Gasteiger partial charge in [-0.2, -0.15) is 0 Å². The van der Waals surface area contributed by atoms with Crippen molar-refractivity contribution in [1.82, 2.24) is 5.32 Å². The maximum atomic E-state index is 10.7. The predicted octanol–water partition coefficient (Wildman–Crippen LogP) is 0.533. The molecule has 1 aliphatic rings. The highest BCUT2D eigenvalue weighted by Gasteiger charge is 2.22. The molecule has 0 heterocycles. The van der Waals surface area contributed by atoms with E-state index in [1.54, 1.807) is 0 Å². The molecule has 0 spiro atoms. The van der Waals surface area contributed by atoms with Gasteiger partial charge in [-0.25, -0.2) is 0 Å². The van der Waals surface area contributed by atoms with E-state index in [1.165, 1.54) is 6.42 Å². The summed E-state index contributed by atoms with van der Waals surface area (Å²) in [6.07, 6.45) is 5.36. The number of amides is 1. The SMILES string of the molecule is CC(CC(N)=O)NC1CCCCCC1O. The number of carbonyl (C=O) groups excluding carboxylic acids is 1. The first kappa shape index (κ1) is 12.5. The molecule has 1 amide bonds. The lowest BCUT2D eigenvalue weighted by molar-refractivity contribution is -0.118. The summed E-state index contributed by atoms with van der Waals surface area (Å²) in [6, 6.07) is 0.182. The lowest BCUT2D eigenvalue weighted by Gasteiger charge is -2.25. The Morgan fingerprint density at radius 3 is 2.80 bits per heavy atom. The van der Waals surface area contributed by atoms with Gasteiger partial charge in [0.25, 0.3) is 0 Å². The molecule has 1 fully saturated rings. The molecule has 0 aliphatic heterocycles. The van der Waals surface area contributed by atoms with Crippen LogP contribution in [0.4, 0.5) is 0 Å². The van der Waals surface area contributed by atoms with Gasteiger partial charge in [-0.1, -0.05) is 19.3 Å². The standard InChI is InChI=1S/C11H22N2O2/c1-8(7-11(12)15)13-9-5-3-2-4-6-10(9)14/h8-10,13-14H,2-7H2,1H3,(H2,12,15). The van der Waals surface area contributed by atoms with Gasteiger partial charge >= 0.3 is 0 Å². The molecule has 4 N–H and O–H groups in total. The van der Waals surface area contributed by atoms with E-state index in [0.717, 1.165) is 25.7 Å². The normalized spacial score (nSPS) is 29.5. The van der Waals surface area contributed by atoms with Gasteiger partial charge in [-0.05, 0) is 19.8 Å². The zero-order chi connectivity index (χ0) is 11.3. The fourth-order valence-electron chi connectivity index (χ4n) is 2.21. The minimum absolute atomic E-state index is 0.0558. The zero-order valence-corrected chi connectivity index (χ0v) is 9.41. The Morgan fingerprint density at radius 2 is 2.13 bits per heavy atom. The van der Waals surface area contributed by atoms with Gasteiger partial charge in [0, 0.05) is 18.5 Å². The fraction of sp³-hybridized carbons (Fsp3) is 0.909. The summed E-state index contributed by atoms with van der Waals surface area (Å²) in [5.74, 6) is -0.293. The van der Waals surface area contributed by atoms with Crippen molar-refractivity contribution in [3.05, 3.63) is 0 Å². The smallest absolute Gasteiger partial charge is 0.218 e. The van der Waals surface area contributed by atoms with E-state index in [0.29, 0.717) is 6.42 Å². The Morgan fingerprint density at radius 1 is 1.47 bits per heavy atom. The van der Waals surface area contributed by atoms with Crippen LogP contribution < -0.4 is 11.1 Å². The molecule has 3 unspecified atom stereocenters. The maximum absolute atomic E-state index is 10.7. The van der Waals surface area contributed by atoms with Gasteiger partial charge in [0.2, 0.25) is 5.91 Å². The largest absolute Gasteiger partial charge is 0.392 e. The number of hydrogen-bond donors (Lipinski definition) is 3. The number of aliphatic hydroxyl groups excluding tert-OH is 1. The Hall–Kier alpha value is -0.610. The van der Waals surface area contributed by atoms with Crippen molar-refractivity contribution < 1.29 is 9.90 Å². The van der Waals surface area contributed by atoms with Crippen molar-refractivity contribution in [2.45, 2.75) is 63.6 Å². The number of carbonyl (C=O) groups is 1. The van der Waals surface area contributed by atoms with Crippen molar-refractivity contribution in [3.8, 4) is 0 Å². The predicted molar refractivity (Wildman–Crippen MR) is 59.3 cm³/mol. The van der Waals surface area contributed by atoms with Gasteiger partial charge in [-0.3, -0.25) is 4.79 Å². The monoisotopic (exact) mass is 214 g/mol. The molecule has 0 aromatic rings. The Bertz CT molecular complexity index is 209. The minimum Gasteiger partial charge on any atom is -0.392 e. The highest BCUT2D eigenvalue weighted by atomic mass is 16.3. The third-order valence-electron chi connectivity index (χ3n) is 2.99. The van der Waals surface area contributed by atoms with Crippen molar-refractivity contribution in [3.63, 3.8) is 0 Å². The lowest BCUT2D eigenvalue weighted by atomic mass is 10.0. The Labute approximate surface area is 91.2 Å². The van der Waals surface area contributed by atoms with Crippen molar-refractivity contribution in [1.29, 1.82) is 0 Å². The number of nitrogens with two attached hydrogens (primary N) is 1. The molecule has 1 aliphatic carbocycles. The van der Waals surface area contributed by atoms with Crippen LogP contribution in [0.15, 0.2) is 0 Å². The van der Waals surface area contributed by atoms with E-state index in [1.807, 2.05) is 6.92 Å². The molecule has 15 heavy (non-hydrogen) atoms. The van der Waals surface area contributed by atoms with Gasteiger partial charge in [0.1, 0.15) is 0 Å². The molecule has 3 atom stereocenters. The fourth-order valence-corrected chi connectivity index (χ4v) is 2.21. The topological polar surface area (TPSA) is 75.4 Å². The second-order valence-electron chi connectivity index (χ2n) is 4.55. The van der Waals surface area contributed by atoms with Crippen LogP contribution in [0.2, 0.25) is 0 Å². The maximum Gasteiger partial charge on any atom is 0.218 e. The van der Waals surface area contributed by atoms with E-state index in [-0.39, 0.29) is 24.1 Å². The van der Waals surface area contributed by atoms with Crippen LogP contribution in [-0.2, 0) is 4.79 Å². The molecular formula is C11H22N2O2. The highest BCUT2D eigenvalue weighted by Crippen LogP contribution is 2.18. The third kappa shape index (κ3) is 4.62. The van der Waals surface area contributed by atoms with Crippen LogP contribution in [0.25, 0.3) is 0 Å². The lowest BCUT2D eigenvalue weighted by Crippen LogP contribution is -2.45. The van der Waals surface area contributed by atoms with Gasteiger partial charge in [0.15, 0.2) is 0 Å². The van der Waals surface area contributed by atoms with Gasteiger partial charge < -0.3 is 16.2 Å². The van der Waals surface area contributed by atoms with E-state index < -0.39 is 0 Å². The molecular weight excluding hydrogens is 192 g/mol. The molecule has 1 rings (SSSR count). The van der Waals surface area contributed by atoms with E-state index in [2.05, 4.69) is 5.32 Å². The van der Waals surface area contributed by atoms with Crippen molar-refractivity contribution >= 4 is 5.91 Å². The van der Waals surface area contributed by atoms with E-state index in [9.17, 15) is 9.90 Å². The molecule has 0 bridgehead atoms. The third-order valence-corrected chi connectivity index (χ3v) is 2.99. The summed E-state index contributed by atoms with van der Waals surface area (Å²) in [7, 11) is 0. The molecule has 4 heteroatoms.